The zero-order valence-corrected chi connectivity index (χ0v) is 20.1. The summed E-state index contributed by atoms with van der Waals surface area (Å²) in [7, 11) is 0. The highest BCUT2D eigenvalue weighted by Crippen LogP contribution is 2.31. The third-order valence-electron chi connectivity index (χ3n) is 5.93. The molecule has 1 amide bonds. The Balaban J connectivity index is 1.37. The summed E-state index contributed by atoms with van der Waals surface area (Å²) in [4.78, 5) is 19.9. The Labute approximate surface area is 210 Å². The van der Waals surface area contributed by atoms with Crippen molar-refractivity contribution in [1.29, 1.82) is 0 Å². The molecule has 8 nitrogen and oxygen atoms in total. The van der Waals surface area contributed by atoms with Gasteiger partial charge in [0.15, 0.2) is 0 Å². The molecular formula is C26H19ClFN7O. The van der Waals surface area contributed by atoms with Gasteiger partial charge >= 0.3 is 0 Å². The standard InChI is InChI=1S/C26H19ClFN7O/c1-14-24(15(2)35(34-14)20-10-21(27)25(29-3)30-13-20)16-4-5-18(22(28)9-16)11-31-26(36)17-6-7-23-19(8-17)12-32-33-23/h4-10,12-13H,11H2,1-2H3,(H,31,36)(H,32,33). The van der Waals surface area contributed by atoms with Crippen LogP contribution in [0.3, 0.4) is 0 Å². The number of aromatic amines is 1. The van der Waals surface area contributed by atoms with E-state index < -0.39 is 5.82 Å². The van der Waals surface area contributed by atoms with E-state index >= 15 is 4.39 Å². The van der Waals surface area contributed by atoms with E-state index in [0.29, 0.717) is 28.1 Å². The summed E-state index contributed by atoms with van der Waals surface area (Å²) in [6, 6.07) is 11.7. The number of H-pyrrole nitrogens is 1. The van der Waals surface area contributed by atoms with E-state index in [1.165, 1.54) is 12.3 Å². The molecule has 3 heterocycles. The van der Waals surface area contributed by atoms with Crippen molar-refractivity contribution in [3.8, 4) is 16.8 Å². The summed E-state index contributed by atoms with van der Waals surface area (Å²) in [5, 5.41) is 15.2. The lowest BCUT2D eigenvalue weighted by atomic mass is 10.0. The largest absolute Gasteiger partial charge is 0.359 e. The van der Waals surface area contributed by atoms with Gasteiger partial charge < -0.3 is 10.2 Å². The number of halogens is 2. The molecular weight excluding hydrogens is 481 g/mol. The summed E-state index contributed by atoms with van der Waals surface area (Å²) in [5.41, 5.74) is 5.19. The molecule has 0 atom stereocenters. The van der Waals surface area contributed by atoms with Gasteiger partial charge in [-0.25, -0.2) is 9.07 Å². The number of fused-ring (bicyclic) bond motifs is 1. The van der Waals surface area contributed by atoms with Crippen molar-refractivity contribution in [2.45, 2.75) is 20.4 Å². The summed E-state index contributed by atoms with van der Waals surface area (Å²) in [5.74, 6) is -0.615. The molecule has 2 aromatic carbocycles. The van der Waals surface area contributed by atoms with E-state index in [4.69, 9.17) is 18.2 Å². The Bertz CT molecular complexity index is 1680. The quantitative estimate of drug-likeness (QED) is 0.303. The van der Waals surface area contributed by atoms with Crippen molar-refractivity contribution >= 4 is 34.2 Å². The molecule has 0 spiro atoms. The van der Waals surface area contributed by atoms with Crippen LogP contribution in [0, 0.1) is 26.2 Å². The lowest BCUT2D eigenvalue weighted by Gasteiger charge is -2.09. The average Bonchev–Trinajstić information content (AvgIpc) is 3.46. The first-order valence-corrected chi connectivity index (χ1v) is 11.3. The fourth-order valence-electron chi connectivity index (χ4n) is 4.14. The number of aromatic nitrogens is 5. The van der Waals surface area contributed by atoms with Crippen molar-refractivity contribution in [2.24, 2.45) is 0 Å². The fourth-order valence-corrected chi connectivity index (χ4v) is 4.34. The maximum Gasteiger partial charge on any atom is 0.288 e. The van der Waals surface area contributed by atoms with Crippen LogP contribution in [-0.4, -0.2) is 30.9 Å². The van der Waals surface area contributed by atoms with E-state index in [0.717, 1.165) is 22.2 Å². The lowest BCUT2D eigenvalue weighted by Crippen LogP contribution is -2.23. The Morgan fingerprint density at radius 2 is 2.03 bits per heavy atom. The van der Waals surface area contributed by atoms with Crippen LogP contribution in [0.5, 0.6) is 0 Å². The van der Waals surface area contributed by atoms with Gasteiger partial charge in [0, 0.05) is 34.3 Å². The van der Waals surface area contributed by atoms with Gasteiger partial charge in [-0.1, -0.05) is 30.3 Å². The summed E-state index contributed by atoms with van der Waals surface area (Å²) in [6.07, 6.45) is 3.17. The highest BCUT2D eigenvalue weighted by atomic mass is 35.5. The maximum atomic E-state index is 15.0. The minimum atomic E-state index is -0.434. The first-order valence-electron chi connectivity index (χ1n) is 11.0. The van der Waals surface area contributed by atoms with Gasteiger partial charge in [-0.3, -0.25) is 9.89 Å². The van der Waals surface area contributed by atoms with Crippen LogP contribution in [0.4, 0.5) is 10.2 Å². The van der Waals surface area contributed by atoms with Gasteiger partial charge in [0.25, 0.3) is 11.7 Å². The molecule has 0 aliphatic rings. The van der Waals surface area contributed by atoms with Crippen LogP contribution in [-0.2, 0) is 6.54 Å². The first kappa shape index (κ1) is 23.2. The molecule has 36 heavy (non-hydrogen) atoms. The molecule has 5 rings (SSSR count). The fraction of sp³-hybridized carbons (Fsp3) is 0.115. The Hall–Kier alpha value is -4.55. The molecule has 0 aliphatic carbocycles. The molecule has 5 aromatic rings. The molecule has 0 radical (unpaired) electrons. The average molecular weight is 500 g/mol. The van der Waals surface area contributed by atoms with Gasteiger partial charge in [0.2, 0.25) is 0 Å². The Morgan fingerprint density at radius 1 is 1.19 bits per heavy atom. The zero-order chi connectivity index (χ0) is 25.4. The molecule has 2 N–H and O–H groups in total. The molecule has 0 fully saturated rings. The highest BCUT2D eigenvalue weighted by molar-refractivity contribution is 6.33. The molecule has 3 aromatic heterocycles. The zero-order valence-electron chi connectivity index (χ0n) is 19.3. The minimum absolute atomic E-state index is 0.0448. The minimum Gasteiger partial charge on any atom is -0.359 e. The second kappa shape index (κ2) is 9.24. The number of benzene rings is 2. The predicted octanol–water partition coefficient (Wildman–Crippen LogP) is 5.70. The smallest absolute Gasteiger partial charge is 0.288 e. The van der Waals surface area contributed by atoms with Crippen molar-refractivity contribution in [2.75, 3.05) is 0 Å². The number of rotatable bonds is 5. The number of amides is 1. The topological polar surface area (TPSA) is 92.9 Å². The summed E-state index contributed by atoms with van der Waals surface area (Å²) < 4.78 is 16.7. The second-order valence-corrected chi connectivity index (χ2v) is 8.64. The number of pyridine rings is 1. The van der Waals surface area contributed by atoms with Gasteiger partial charge in [0.05, 0.1) is 22.4 Å². The monoisotopic (exact) mass is 499 g/mol. The molecule has 0 aliphatic heterocycles. The second-order valence-electron chi connectivity index (χ2n) is 8.23. The summed E-state index contributed by atoms with van der Waals surface area (Å²) >= 11 is 6.14. The van der Waals surface area contributed by atoms with Gasteiger partial charge in [-0.2, -0.15) is 10.2 Å². The van der Waals surface area contributed by atoms with E-state index in [2.05, 4.69) is 30.4 Å². The first-order chi connectivity index (χ1) is 17.4. The molecule has 10 heteroatoms. The van der Waals surface area contributed by atoms with Crippen molar-refractivity contribution in [3.05, 3.63) is 99.6 Å². The number of carbonyl (C=O) groups is 1. The van der Waals surface area contributed by atoms with Gasteiger partial charge in [0.1, 0.15) is 17.7 Å². The normalized spacial score (nSPS) is 11.0. The number of hydrogen-bond acceptors (Lipinski definition) is 4. The number of nitrogens with zero attached hydrogens (tertiary/aromatic N) is 5. The number of nitrogens with one attached hydrogen (secondary N) is 2. The summed E-state index contributed by atoms with van der Waals surface area (Å²) in [6.45, 7) is 10.9. The third kappa shape index (κ3) is 4.19. The van der Waals surface area contributed by atoms with Crippen LogP contribution in [0.2, 0.25) is 5.02 Å². The highest BCUT2D eigenvalue weighted by Gasteiger charge is 2.18. The molecule has 0 saturated carbocycles. The predicted molar refractivity (Wildman–Crippen MR) is 135 cm³/mol. The number of hydrogen-bond donors (Lipinski definition) is 2. The Morgan fingerprint density at radius 3 is 2.78 bits per heavy atom. The maximum absolute atomic E-state index is 15.0. The molecule has 0 unspecified atom stereocenters. The third-order valence-corrected chi connectivity index (χ3v) is 6.21. The molecule has 0 bridgehead atoms. The number of aryl methyl sites for hydroxylation is 1. The van der Waals surface area contributed by atoms with Crippen LogP contribution >= 0.6 is 11.6 Å². The number of carbonyl (C=O) groups excluding carboxylic acids is 1. The van der Waals surface area contributed by atoms with E-state index in [-0.39, 0.29) is 23.3 Å². The van der Waals surface area contributed by atoms with Crippen molar-refractivity contribution < 1.29 is 9.18 Å². The van der Waals surface area contributed by atoms with Crippen molar-refractivity contribution in [1.82, 2.24) is 30.3 Å². The Kier molecular flexibility index (Phi) is 5.96. The van der Waals surface area contributed by atoms with Gasteiger partial charge in [-0.15, -0.1) is 4.98 Å². The van der Waals surface area contributed by atoms with Crippen LogP contribution in [0.25, 0.3) is 32.6 Å². The van der Waals surface area contributed by atoms with Crippen LogP contribution < -0.4 is 5.32 Å². The molecule has 0 saturated heterocycles. The van der Waals surface area contributed by atoms with E-state index in [1.54, 1.807) is 47.3 Å². The lowest BCUT2D eigenvalue weighted by molar-refractivity contribution is 0.0950. The van der Waals surface area contributed by atoms with E-state index in [9.17, 15) is 4.79 Å². The SMILES string of the molecule is [C-]#[N+]c1ncc(-n2nc(C)c(-c3ccc(CNC(=O)c4ccc5[nH]ncc5c4)c(F)c3)c2C)cc1Cl. The van der Waals surface area contributed by atoms with E-state index in [1.807, 2.05) is 13.8 Å². The van der Waals surface area contributed by atoms with Gasteiger partial charge in [-0.05, 0) is 49.7 Å². The van der Waals surface area contributed by atoms with Crippen LogP contribution in [0.15, 0.2) is 54.9 Å². The molecule has 178 valence electrons. The van der Waals surface area contributed by atoms with Crippen molar-refractivity contribution in [3.63, 3.8) is 0 Å². The van der Waals surface area contributed by atoms with Crippen LogP contribution in [0.1, 0.15) is 27.3 Å².